The number of hydrogen-bond donors (Lipinski definition) is 1. The highest BCUT2D eigenvalue weighted by Gasteiger charge is 2.15. The van der Waals surface area contributed by atoms with Gasteiger partial charge in [-0.3, -0.25) is 0 Å². The number of benzene rings is 1. The number of rotatable bonds is 2. The van der Waals surface area contributed by atoms with E-state index in [0.29, 0.717) is 6.04 Å². The Morgan fingerprint density at radius 1 is 1.31 bits per heavy atom. The molecular weight excluding hydrogens is 218 g/mol. The zero-order valence-electron chi connectivity index (χ0n) is 8.89. The van der Waals surface area contributed by atoms with E-state index in [-0.39, 0.29) is 0 Å². The first-order valence-electron chi connectivity index (χ1n) is 5.48. The van der Waals surface area contributed by atoms with Gasteiger partial charge in [0, 0.05) is 17.2 Å². The summed E-state index contributed by atoms with van der Waals surface area (Å²) in [5, 5.41) is 12.9. The summed E-state index contributed by atoms with van der Waals surface area (Å²) in [6.07, 6.45) is 3.06. The van der Waals surface area contributed by atoms with Crippen LogP contribution < -0.4 is 5.32 Å². The second-order valence-electron chi connectivity index (χ2n) is 3.98. The van der Waals surface area contributed by atoms with Crippen LogP contribution in [0.15, 0.2) is 30.5 Å². The fraction of sp³-hybridized carbons (Fsp3) is 0.333. The third-order valence-electron chi connectivity index (χ3n) is 2.84. The van der Waals surface area contributed by atoms with Crippen LogP contribution in [0.5, 0.6) is 0 Å². The van der Waals surface area contributed by atoms with Crippen LogP contribution in [0.25, 0.3) is 10.9 Å². The quantitative estimate of drug-likeness (QED) is 0.862. The Morgan fingerprint density at radius 2 is 2.25 bits per heavy atom. The smallest absolute Gasteiger partial charge is 0.0950 e. The molecule has 2 aromatic rings. The molecule has 16 heavy (non-hydrogen) atoms. The summed E-state index contributed by atoms with van der Waals surface area (Å²) in [7, 11) is 0. The molecule has 1 atom stereocenters. The third-order valence-corrected chi connectivity index (χ3v) is 4.00. The maximum atomic E-state index is 4.12. The molecule has 82 valence electrons. The van der Waals surface area contributed by atoms with Gasteiger partial charge in [0.05, 0.1) is 17.4 Å². The number of nitrogens with zero attached hydrogens (tertiary/aromatic N) is 2. The zero-order valence-corrected chi connectivity index (χ0v) is 9.70. The van der Waals surface area contributed by atoms with Crippen LogP contribution in [0, 0.1) is 0 Å². The molecular formula is C12H13N3S. The van der Waals surface area contributed by atoms with Gasteiger partial charge < -0.3 is 5.32 Å². The lowest BCUT2D eigenvalue weighted by atomic mass is 10.2. The van der Waals surface area contributed by atoms with Crippen molar-refractivity contribution in [2.24, 2.45) is 0 Å². The molecule has 1 N–H and O–H groups in total. The summed E-state index contributed by atoms with van der Waals surface area (Å²) in [6, 6.07) is 8.70. The largest absolute Gasteiger partial charge is 0.380 e. The number of thioether (sulfide) groups is 1. The van der Waals surface area contributed by atoms with E-state index < -0.39 is 0 Å². The highest BCUT2D eigenvalue weighted by molar-refractivity contribution is 7.99. The minimum absolute atomic E-state index is 0.581. The molecule has 0 saturated carbocycles. The second kappa shape index (κ2) is 4.29. The number of aromatic nitrogens is 2. The molecule has 1 fully saturated rings. The predicted octanol–water partition coefficient (Wildman–Crippen LogP) is 2.55. The molecule has 1 saturated heterocycles. The number of nitrogens with one attached hydrogen (secondary N) is 1. The monoisotopic (exact) mass is 231 g/mol. The molecule has 4 heteroatoms. The van der Waals surface area contributed by atoms with Gasteiger partial charge in [-0.25, -0.2) is 0 Å². The van der Waals surface area contributed by atoms with Gasteiger partial charge in [0.1, 0.15) is 0 Å². The van der Waals surface area contributed by atoms with Gasteiger partial charge in [0.2, 0.25) is 0 Å². The summed E-state index contributed by atoms with van der Waals surface area (Å²) in [6.45, 7) is 0. The highest BCUT2D eigenvalue weighted by atomic mass is 32.2. The standard InChI is InChI=1S/C12H13N3S/c1-2-4-11-10(3-1)12(7-13-15-11)14-9-5-6-16-8-9/h1-4,7,9H,5-6,8H2,(H,14,15). The third kappa shape index (κ3) is 1.85. The van der Waals surface area contributed by atoms with Crippen molar-refractivity contribution in [2.45, 2.75) is 12.5 Å². The van der Waals surface area contributed by atoms with Crippen molar-refractivity contribution in [3.05, 3.63) is 30.5 Å². The summed E-state index contributed by atoms with van der Waals surface area (Å²) in [5.74, 6) is 2.45. The summed E-state index contributed by atoms with van der Waals surface area (Å²) in [4.78, 5) is 0. The van der Waals surface area contributed by atoms with Crippen molar-refractivity contribution in [2.75, 3.05) is 16.8 Å². The topological polar surface area (TPSA) is 37.8 Å². The number of fused-ring (bicyclic) bond motifs is 1. The minimum atomic E-state index is 0.581. The van der Waals surface area contributed by atoms with Gasteiger partial charge in [-0.2, -0.15) is 22.0 Å². The lowest BCUT2D eigenvalue weighted by Crippen LogP contribution is -2.18. The molecule has 0 aliphatic carbocycles. The van der Waals surface area contributed by atoms with Crippen LogP contribution in [-0.2, 0) is 0 Å². The molecule has 2 heterocycles. The molecule has 0 radical (unpaired) electrons. The molecule has 3 nitrogen and oxygen atoms in total. The molecule has 1 unspecified atom stereocenters. The lowest BCUT2D eigenvalue weighted by molar-refractivity contribution is 0.812. The van der Waals surface area contributed by atoms with E-state index in [1.54, 1.807) is 0 Å². The molecule has 0 amide bonds. The van der Waals surface area contributed by atoms with Crippen LogP contribution in [0.3, 0.4) is 0 Å². The maximum Gasteiger partial charge on any atom is 0.0950 e. The minimum Gasteiger partial charge on any atom is -0.380 e. The first kappa shape index (κ1) is 9.90. The van der Waals surface area contributed by atoms with Crippen molar-refractivity contribution in [1.82, 2.24) is 10.2 Å². The first-order valence-corrected chi connectivity index (χ1v) is 6.64. The van der Waals surface area contributed by atoms with E-state index in [0.717, 1.165) is 16.6 Å². The molecule has 1 aromatic heterocycles. The van der Waals surface area contributed by atoms with Crippen LogP contribution in [-0.4, -0.2) is 27.7 Å². The summed E-state index contributed by atoms with van der Waals surface area (Å²) in [5.41, 5.74) is 2.07. The van der Waals surface area contributed by atoms with Crippen molar-refractivity contribution >= 4 is 28.4 Å². The van der Waals surface area contributed by atoms with Crippen molar-refractivity contribution in [1.29, 1.82) is 0 Å². The Balaban J connectivity index is 1.96. The van der Waals surface area contributed by atoms with E-state index in [9.17, 15) is 0 Å². The van der Waals surface area contributed by atoms with Gasteiger partial charge in [-0.05, 0) is 18.2 Å². The van der Waals surface area contributed by atoms with Crippen LogP contribution in [0.2, 0.25) is 0 Å². The first-order chi connectivity index (χ1) is 7.93. The Bertz CT molecular complexity index is 489. The Hall–Kier alpha value is -1.29. The van der Waals surface area contributed by atoms with Gasteiger partial charge in [-0.15, -0.1) is 0 Å². The normalized spacial score (nSPS) is 20.1. The fourth-order valence-electron chi connectivity index (χ4n) is 1.99. The van der Waals surface area contributed by atoms with E-state index in [1.165, 1.54) is 17.9 Å². The van der Waals surface area contributed by atoms with E-state index in [2.05, 4.69) is 21.6 Å². The summed E-state index contributed by atoms with van der Waals surface area (Å²) >= 11 is 2.01. The second-order valence-corrected chi connectivity index (χ2v) is 5.13. The average molecular weight is 231 g/mol. The molecule has 0 spiro atoms. The van der Waals surface area contributed by atoms with E-state index in [4.69, 9.17) is 0 Å². The van der Waals surface area contributed by atoms with E-state index in [1.807, 2.05) is 36.2 Å². The zero-order chi connectivity index (χ0) is 10.8. The predicted molar refractivity (Wildman–Crippen MR) is 68.9 cm³/mol. The van der Waals surface area contributed by atoms with Crippen LogP contribution >= 0.6 is 11.8 Å². The maximum absolute atomic E-state index is 4.12. The molecule has 1 aromatic carbocycles. The van der Waals surface area contributed by atoms with Gasteiger partial charge in [-0.1, -0.05) is 18.2 Å². The van der Waals surface area contributed by atoms with E-state index >= 15 is 0 Å². The Kier molecular flexibility index (Phi) is 2.66. The highest BCUT2D eigenvalue weighted by Crippen LogP contribution is 2.25. The van der Waals surface area contributed by atoms with Gasteiger partial charge in [0.15, 0.2) is 0 Å². The average Bonchev–Trinajstić information content (AvgIpc) is 2.82. The van der Waals surface area contributed by atoms with Gasteiger partial charge >= 0.3 is 0 Å². The summed E-state index contributed by atoms with van der Waals surface area (Å²) < 4.78 is 0. The SMILES string of the molecule is c1ccc2c(NC3CCSC3)cnnc2c1. The fourth-order valence-corrected chi connectivity index (χ4v) is 3.14. The molecule has 0 bridgehead atoms. The molecule has 1 aliphatic rings. The lowest BCUT2D eigenvalue weighted by Gasteiger charge is -2.13. The molecule has 1 aliphatic heterocycles. The number of anilines is 1. The Morgan fingerprint density at radius 3 is 3.12 bits per heavy atom. The molecule has 3 rings (SSSR count). The van der Waals surface area contributed by atoms with Gasteiger partial charge in [0.25, 0.3) is 0 Å². The van der Waals surface area contributed by atoms with Crippen LogP contribution in [0.4, 0.5) is 5.69 Å². The van der Waals surface area contributed by atoms with Crippen molar-refractivity contribution in [3.63, 3.8) is 0 Å². The van der Waals surface area contributed by atoms with Crippen molar-refractivity contribution < 1.29 is 0 Å². The van der Waals surface area contributed by atoms with Crippen LogP contribution in [0.1, 0.15) is 6.42 Å². The Labute approximate surface area is 98.6 Å². The van der Waals surface area contributed by atoms with Crippen molar-refractivity contribution in [3.8, 4) is 0 Å². The number of hydrogen-bond acceptors (Lipinski definition) is 4.